The number of nitrogens with one attached hydrogen (secondary N) is 1. The van der Waals surface area contributed by atoms with Gasteiger partial charge in [0.15, 0.2) is 6.29 Å². The van der Waals surface area contributed by atoms with E-state index in [0.717, 1.165) is 25.3 Å². The van der Waals surface area contributed by atoms with Gasteiger partial charge in [0.25, 0.3) is 0 Å². The zero-order valence-corrected chi connectivity index (χ0v) is 10.4. The molecule has 0 aromatic heterocycles. The van der Waals surface area contributed by atoms with E-state index in [9.17, 15) is 15.0 Å². The highest BCUT2D eigenvalue weighted by Gasteiger charge is 2.32. The lowest BCUT2D eigenvalue weighted by atomic mass is 10.0. The van der Waals surface area contributed by atoms with E-state index in [4.69, 9.17) is 9.47 Å². The fraction of sp³-hybridized carbons (Fsp3) is 0.750. The molecule has 6 nitrogen and oxygen atoms in total. The summed E-state index contributed by atoms with van der Waals surface area (Å²) >= 11 is 0. The van der Waals surface area contributed by atoms with Crippen molar-refractivity contribution in [2.75, 3.05) is 26.4 Å². The molecular formula is C12H21NO5. The van der Waals surface area contributed by atoms with Gasteiger partial charge in [0.2, 0.25) is 5.91 Å². The van der Waals surface area contributed by atoms with Crippen molar-refractivity contribution in [2.24, 2.45) is 0 Å². The van der Waals surface area contributed by atoms with Crippen LogP contribution >= 0.6 is 0 Å². The summed E-state index contributed by atoms with van der Waals surface area (Å²) in [5, 5.41) is 21.1. The normalized spacial score (nSPS) is 20.4. The third kappa shape index (κ3) is 4.38. The number of rotatable bonds is 7. The minimum atomic E-state index is -1.20. The number of hydrogen-bond donors (Lipinski definition) is 3. The molecule has 1 aliphatic heterocycles. The van der Waals surface area contributed by atoms with Crippen molar-refractivity contribution in [3.63, 3.8) is 0 Å². The molecule has 0 aromatic carbocycles. The standard InChI is InChI=1S/C12H21NO5/c1-2-10(16)13-12(7-14,8-15)9-18-11-5-3-4-6-17-11/h2,11,14-15H,1,3-9H2,(H,13,16). The molecule has 3 N–H and O–H groups in total. The fourth-order valence-electron chi connectivity index (χ4n) is 1.66. The summed E-state index contributed by atoms with van der Waals surface area (Å²) in [6.45, 7) is 3.12. The third-order valence-electron chi connectivity index (χ3n) is 2.86. The smallest absolute Gasteiger partial charge is 0.244 e. The van der Waals surface area contributed by atoms with E-state index in [1.54, 1.807) is 0 Å². The lowest BCUT2D eigenvalue weighted by molar-refractivity contribution is -0.179. The predicted molar refractivity (Wildman–Crippen MR) is 64.8 cm³/mol. The molecule has 1 aliphatic rings. The van der Waals surface area contributed by atoms with Crippen LogP contribution in [-0.2, 0) is 14.3 Å². The fourth-order valence-corrected chi connectivity index (χ4v) is 1.66. The van der Waals surface area contributed by atoms with Crippen LogP contribution in [0, 0.1) is 0 Å². The van der Waals surface area contributed by atoms with Crippen LogP contribution in [-0.4, -0.2) is 54.4 Å². The maximum absolute atomic E-state index is 11.3. The Morgan fingerprint density at radius 2 is 2.22 bits per heavy atom. The van der Waals surface area contributed by atoms with Crippen LogP contribution in [0.2, 0.25) is 0 Å². The zero-order valence-electron chi connectivity index (χ0n) is 10.4. The third-order valence-corrected chi connectivity index (χ3v) is 2.86. The molecular weight excluding hydrogens is 238 g/mol. The van der Waals surface area contributed by atoms with Crippen molar-refractivity contribution in [3.8, 4) is 0 Å². The maximum Gasteiger partial charge on any atom is 0.244 e. The van der Waals surface area contributed by atoms with Crippen molar-refractivity contribution < 1.29 is 24.5 Å². The number of carbonyl (C=O) groups excluding carboxylic acids is 1. The molecule has 0 aliphatic carbocycles. The van der Waals surface area contributed by atoms with E-state index in [2.05, 4.69) is 11.9 Å². The second-order valence-corrected chi connectivity index (χ2v) is 4.40. The second-order valence-electron chi connectivity index (χ2n) is 4.40. The summed E-state index contributed by atoms with van der Waals surface area (Å²) in [4.78, 5) is 11.3. The van der Waals surface area contributed by atoms with Crippen LogP contribution in [0.4, 0.5) is 0 Å². The predicted octanol–water partition coefficient (Wildman–Crippen LogP) is -0.445. The molecule has 104 valence electrons. The maximum atomic E-state index is 11.3. The van der Waals surface area contributed by atoms with Crippen LogP contribution in [0.25, 0.3) is 0 Å². The number of aliphatic hydroxyl groups excluding tert-OH is 2. The molecule has 1 heterocycles. The first-order chi connectivity index (χ1) is 8.65. The van der Waals surface area contributed by atoms with Crippen molar-refractivity contribution in [1.29, 1.82) is 0 Å². The first-order valence-corrected chi connectivity index (χ1v) is 6.05. The van der Waals surface area contributed by atoms with E-state index in [1.165, 1.54) is 0 Å². The lowest BCUT2D eigenvalue weighted by Crippen LogP contribution is -2.57. The Balaban J connectivity index is 2.49. The van der Waals surface area contributed by atoms with Crippen LogP contribution in [0.15, 0.2) is 12.7 Å². The van der Waals surface area contributed by atoms with Gasteiger partial charge in [-0.05, 0) is 25.3 Å². The van der Waals surface area contributed by atoms with Gasteiger partial charge >= 0.3 is 0 Å². The molecule has 1 unspecified atom stereocenters. The van der Waals surface area contributed by atoms with Crippen LogP contribution < -0.4 is 5.32 Å². The molecule has 1 rings (SSSR count). The molecule has 0 radical (unpaired) electrons. The minimum absolute atomic E-state index is 0.00968. The highest BCUT2D eigenvalue weighted by molar-refractivity contribution is 5.87. The highest BCUT2D eigenvalue weighted by Crippen LogP contribution is 2.16. The Kier molecular flexibility index (Phi) is 6.28. The number of aliphatic hydroxyl groups is 2. The SMILES string of the molecule is C=CC(=O)NC(CO)(CO)COC1CCCCO1. The van der Waals surface area contributed by atoms with E-state index in [1.807, 2.05) is 0 Å². The summed E-state index contributed by atoms with van der Waals surface area (Å²) in [6.07, 6.45) is 3.56. The number of amides is 1. The molecule has 1 fully saturated rings. The van der Waals surface area contributed by atoms with Gasteiger partial charge in [-0.25, -0.2) is 0 Å². The first-order valence-electron chi connectivity index (χ1n) is 6.05. The lowest BCUT2D eigenvalue weighted by Gasteiger charge is -2.33. The van der Waals surface area contributed by atoms with Crippen molar-refractivity contribution in [2.45, 2.75) is 31.1 Å². The average Bonchev–Trinajstić information content (AvgIpc) is 2.44. The summed E-state index contributed by atoms with van der Waals surface area (Å²) in [6, 6.07) is 0. The molecule has 0 aromatic rings. The molecule has 0 spiro atoms. The van der Waals surface area contributed by atoms with E-state index in [-0.39, 0.29) is 12.9 Å². The van der Waals surface area contributed by atoms with Crippen LogP contribution in [0.1, 0.15) is 19.3 Å². The molecule has 6 heteroatoms. The largest absolute Gasteiger partial charge is 0.394 e. The Morgan fingerprint density at radius 1 is 1.50 bits per heavy atom. The highest BCUT2D eigenvalue weighted by atomic mass is 16.7. The summed E-state index contributed by atoms with van der Waals surface area (Å²) in [7, 11) is 0. The van der Waals surface area contributed by atoms with Crippen molar-refractivity contribution in [3.05, 3.63) is 12.7 Å². The van der Waals surface area contributed by atoms with Gasteiger partial charge in [-0.3, -0.25) is 4.79 Å². The number of hydrogen-bond acceptors (Lipinski definition) is 5. The van der Waals surface area contributed by atoms with Gasteiger partial charge in [0.05, 0.1) is 19.8 Å². The van der Waals surface area contributed by atoms with Gasteiger partial charge in [0.1, 0.15) is 5.54 Å². The molecule has 1 amide bonds. The van der Waals surface area contributed by atoms with Crippen LogP contribution in [0.3, 0.4) is 0 Å². The molecule has 1 atom stereocenters. The average molecular weight is 259 g/mol. The van der Waals surface area contributed by atoms with Gasteiger partial charge in [0, 0.05) is 6.61 Å². The van der Waals surface area contributed by atoms with Gasteiger partial charge in [-0.2, -0.15) is 0 Å². The summed E-state index contributed by atoms with van der Waals surface area (Å²) < 4.78 is 10.9. The molecule has 0 bridgehead atoms. The summed E-state index contributed by atoms with van der Waals surface area (Å²) in [5.41, 5.74) is -1.20. The van der Waals surface area contributed by atoms with Gasteiger partial charge < -0.3 is 25.0 Å². The van der Waals surface area contributed by atoms with E-state index in [0.29, 0.717) is 6.61 Å². The quantitative estimate of drug-likeness (QED) is 0.539. The van der Waals surface area contributed by atoms with Gasteiger partial charge in [-0.15, -0.1) is 0 Å². The first kappa shape index (κ1) is 15.1. The van der Waals surface area contributed by atoms with Crippen LogP contribution in [0.5, 0.6) is 0 Å². The second kappa shape index (κ2) is 7.48. The number of carbonyl (C=O) groups is 1. The monoisotopic (exact) mass is 259 g/mol. The Bertz CT molecular complexity index is 272. The molecule has 18 heavy (non-hydrogen) atoms. The van der Waals surface area contributed by atoms with E-state index >= 15 is 0 Å². The zero-order chi connectivity index (χ0) is 13.4. The van der Waals surface area contributed by atoms with Gasteiger partial charge in [-0.1, -0.05) is 6.58 Å². The van der Waals surface area contributed by atoms with E-state index < -0.39 is 24.7 Å². The molecule has 1 saturated heterocycles. The van der Waals surface area contributed by atoms with Crippen molar-refractivity contribution in [1.82, 2.24) is 5.32 Å². The Hall–Kier alpha value is -0.950. The molecule has 0 saturated carbocycles. The minimum Gasteiger partial charge on any atom is -0.394 e. The Morgan fingerprint density at radius 3 is 2.72 bits per heavy atom. The van der Waals surface area contributed by atoms with Crippen molar-refractivity contribution >= 4 is 5.91 Å². The number of ether oxygens (including phenoxy) is 2. The topological polar surface area (TPSA) is 88.0 Å². The summed E-state index contributed by atoms with van der Waals surface area (Å²) in [5.74, 6) is -0.466. The Labute approximate surface area is 107 Å².